The molecule has 1 aromatic carbocycles. The molecule has 1 amide bonds. The molecule has 21 heavy (non-hydrogen) atoms. The zero-order valence-corrected chi connectivity index (χ0v) is 13.8. The van der Waals surface area contributed by atoms with Crippen molar-refractivity contribution in [3.8, 4) is 0 Å². The summed E-state index contributed by atoms with van der Waals surface area (Å²) in [5.41, 5.74) is 1.42. The lowest BCUT2D eigenvalue weighted by Gasteiger charge is -2.16. The lowest BCUT2D eigenvalue weighted by molar-refractivity contribution is -0.117. The Hall–Kier alpha value is -0.890. The molecule has 1 aliphatic rings. The quantitative estimate of drug-likeness (QED) is 0.785. The molecule has 112 valence electrons. The minimum Gasteiger partial charge on any atom is -0.312 e. The van der Waals surface area contributed by atoms with E-state index in [1.807, 2.05) is 12.1 Å². The van der Waals surface area contributed by atoms with Gasteiger partial charge in [0.15, 0.2) is 4.47 Å². The van der Waals surface area contributed by atoms with Crippen molar-refractivity contribution in [3.05, 3.63) is 22.7 Å². The number of rotatable bonds is 3. The second-order valence-electron chi connectivity index (χ2n) is 4.90. The van der Waals surface area contributed by atoms with E-state index < -0.39 is 9.05 Å². The number of benzene rings is 1. The van der Waals surface area contributed by atoms with Crippen LogP contribution in [0.15, 0.2) is 18.2 Å². The summed E-state index contributed by atoms with van der Waals surface area (Å²) in [7, 11) is 1.65. The fourth-order valence-electron chi connectivity index (χ4n) is 2.48. The zero-order valence-electron chi connectivity index (χ0n) is 10.6. The number of thiazole rings is 1. The van der Waals surface area contributed by atoms with Gasteiger partial charge in [0.05, 0.1) is 16.0 Å². The van der Waals surface area contributed by atoms with Crippen molar-refractivity contribution in [3.63, 3.8) is 0 Å². The van der Waals surface area contributed by atoms with Gasteiger partial charge in [0, 0.05) is 35.3 Å². The molecule has 0 saturated carbocycles. The molecule has 1 atom stereocenters. The maximum absolute atomic E-state index is 12.1. The normalized spacial score (nSPS) is 19.6. The molecule has 3 rings (SSSR count). The number of hydrogen-bond acceptors (Lipinski definition) is 5. The Kier molecular flexibility index (Phi) is 3.85. The molecule has 0 radical (unpaired) electrons. The minimum absolute atomic E-state index is 0.110. The summed E-state index contributed by atoms with van der Waals surface area (Å²) >= 11 is 7.23. The lowest BCUT2D eigenvalue weighted by Crippen LogP contribution is -2.25. The van der Waals surface area contributed by atoms with Crippen LogP contribution in [-0.2, 0) is 13.8 Å². The molecule has 1 saturated heterocycles. The summed E-state index contributed by atoms with van der Waals surface area (Å²) in [6, 6.07) is 5.45. The van der Waals surface area contributed by atoms with E-state index in [0.717, 1.165) is 10.2 Å². The molecule has 1 unspecified atom stereocenters. The van der Waals surface area contributed by atoms with Crippen LogP contribution in [0.2, 0.25) is 4.47 Å². The topological polar surface area (TPSA) is 67.3 Å². The predicted octanol–water partition coefficient (Wildman–Crippen LogP) is 2.87. The molecular formula is C12H10Cl2N2O3S2. The molecule has 1 aliphatic heterocycles. The molecule has 9 heteroatoms. The molecule has 1 fully saturated rings. The van der Waals surface area contributed by atoms with Gasteiger partial charge in [-0.25, -0.2) is 13.4 Å². The summed E-state index contributed by atoms with van der Waals surface area (Å²) in [4.78, 5) is 17.8. The first-order valence-electron chi connectivity index (χ1n) is 6.10. The van der Waals surface area contributed by atoms with Crippen LogP contribution in [0.4, 0.5) is 5.69 Å². The number of anilines is 1. The van der Waals surface area contributed by atoms with Gasteiger partial charge < -0.3 is 4.90 Å². The van der Waals surface area contributed by atoms with E-state index >= 15 is 0 Å². The van der Waals surface area contributed by atoms with Crippen LogP contribution in [0.25, 0.3) is 10.2 Å². The van der Waals surface area contributed by atoms with Gasteiger partial charge in [0.25, 0.3) is 0 Å². The standard InChI is InChI=1S/C12H10Cl2N2O3S2/c13-12-15-9-4-8(1-2-10(9)20-12)16-5-7(3-11(16)17)6-21(14,18)19/h1-2,4,7H,3,5-6H2. The van der Waals surface area contributed by atoms with E-state index in [2.05, 4.69) is 4.98 Å². The highest BCUT2D eigenvalue weighted by atomic mass is 35.7. The van der Waals surface area contributed by atoms with E-state index in [-0.39, 0.29) is 24.0 Å². The lowest BCUT2D eigenvalue weighted by atomic mass is 10.1. The number of amides is 1. The summed E-state index contributed by atoms with van der Waals surface area (Å²) in [6.45, 7) is 0.341. The molecule has 5 nitrogen and oxygen atoms in total. The average molecular weight is 365 g/mol. The number of halogens is 2. The highest BCUT2D eigenvalue weighted by molar-refractivity contribution is 8.13. The Morgan fingerprint density at radius 3 is 2.90 bits per heavy atom. The van der Waals surface area contributed by atoms with E-state index in [1.165, 1.54) is 11.3 Å². The first kappa shape index (κ1) is 15.0. The Balaban J connectivity index is 1.86. The van der Waals surface area contributed by atoms with Crippen molar-refractivity contribution in [1.29, 1.82) is 0 Å². The number of carbonyl (C=O) groups excluding carboxylic acids is 1. The van der Waals surface area contributed by atoms with Crippen LogP contribution in [-0.4, -0.2) is 31.6 Å². The van der Waals surface area contributed by atoms with Crippen LogP contribution < -0.4 is 4.90 Å². The molecule has 0 N–H and O–H groups in total. The van der Waals surface area contributed by atoms with Gasteiger partial charge in [-0.2, -0.15) is 0 Å². The van der Waals surface area contributed by atoms with Crippen LogP contribution in [0.5, 0.6) is 0 Å². The predicted molar refractivity (Wildman–Crippen MR) is 84.7 cm³/mol. The minimum atomic E-state index is -3.60. The SMILES string of the molecule is O=C1CC(CS(=O)(=O)Cl)CN1c1ccc2sc(Cl)nc2c1. The van der Waals surface area contributed by atoms with Gasteiger partial charge in [-0.3, -0.25) is 4.79 Å². The van der Waals surface area contributed by atoms with Gasteiger partial charge in [-0.1, -0.05) is 11.6 Å². The molecule has 2 aromatic rings. The third-order valence-electron chi connectivity index (χ3n) is 3.30. The summed E-state index contributed by atoms with van der Waals surface area (Å²) in [5.74, 6) is -0.586. The fraction of sp³-hybridized carbons (Fsp3) is 0.333. The van der Waals surface area contributed by atoms with E-state index in [9.17, 15) is 13.2 Å². The highest BCUT2D eigenvalue weighted by Gasteiger charge is 2.33. The number of aromatic nitrogens is 1. The van der Waals surface area contributed by atoms with Crippen molar-refractivity contribution in [2.75, 3.05) is 17.2 Å². The molecule has 0 aliphatic carbocycles. The van der Waals surface area contributed by atoms with E-state index in [0.29, 0.717) is 16.7 Å². The smallest absolute Gasteiger partial charge is 0.232 e. The van der Waals surface area contributed by atoms with E-state index in [1.54, 1.807) is 11.0 Å². The monoisotopic (exact) mass is 364 g/mol. The van der Waals surface area contributed by atoms with Crippen LogP contribution >= 0.6 is 33.6 Å². The maximum atomic E-state index is 12.1. The molecule has 0 spiro atoms. The van der Waals surface area contributed by atoms with Crippen molar-refractivity contribution in [1.82, 2.24) is 4.98 Å². The Bertz CT molecular complexity index is 819. The largest absolute Gasteiger partial charge is 0.312 e. The third-order valence-corrected chi connectivity index (χ3v) is 5.68. The second kappa shape index (κ2) is 5.39. The summed E-state index contributed by atoms with van der Waals surface area (Å²) < 4.78 is 23.6. The molecule has 2 heterocycles. The van der Waals surface area contributed by atoms with Gasteiger partial charge in [0.1, 0.15) is 0 Å². The third kappa shape index (κ3) is 3.31. The molecule has 1 aromatic heterocycles. The van der Waals surface area contributed by atoms with Gasteiger partial charge in [0.2, 0.25) is 15.0 Å². The second-order valence-corrected chi connectivity index (χ2v) is 9.33. The van der Waals surface area contributed by atoms with Crippen LogP contribution in [0, 0.1) is 5.92 Å². The van der Waals surface area contributed by atoms with Crippen LogP contribution in [0.1, 0.15) is 6.42 Å². The average Bonchev–Trinajstić information content (AvgIpc) is 2.88. The first-order chi connectivity index (χ1) is 9.82. The highest BCUT2D eigenvalue weighted by Crippen LogP contribution is 2.32. The number of carbonyl (C=O) groups is 1. The summed E-state index contributed by atoms with van der Waals surface area (Å²) in [5, 5.41) is 0. The van der Waals surface area contributed by atoms with Crippen molar-refractivity contribution in [2.24, 2.45) is 5.92 Å². The number of nitrogens with zero attached hydrogens (tertiary/aromatic N) is 2. The molecular weight excluding hydrogens is 355 g/mol. The zero-order chi connectivity index (χ0) is 15.2. The first-order valence-corrected chi connectivity index (χ1v) is 9.78. The van der Waals surface area contributed by atoms with Gasteiger partial charge in [-0.05, 0) is 18.2 Å². The number of fused-ring (bicyclic) bond motifs is 1. The molecule has 0 bridgehead atoms. The van der Waals surface area contributed by atoms with E-state index in [4.69, 9.17) is 22.3 Å². The Labute approximate surface area is 134 Å². The van der Waals surface area contributed by atoms with Crippen LogP contribution in [0.3, 0.4) is 0 Å². The van der Waals surface area contributed by atoms with Crippen molar-refractivity contribution in [2.45, 2.75) is 6.42 Å². The van der Waals surface area contributed by atoms with Crippen molar-refractivity contribution < 1.29 is 13.2 Å². The van der Waals surface area contributed by atoms with Gasteiger partial charge >= 0.3 is 0 Å². The van der Waals surface area contributed by atoms with Crippen molar-refractivity contribution >= 4 is 64.5 Å². The maximum Gasteiger partial charge on any atom is 0.232 e. The Morgan fingerprint density at radius 1 is 1.43 bits per heavy atom. The summed E-state index contributed by atoms with van der Waals surface area (Å²) in [6.07, 6.45) is 0.182. The number of hydrogen-bond donors (Lipinski definition) is 0. The van der Waals surface area contributed by atoms with Gasteiger partial charge in [-0.15, -0.1) is 11.3 Å². The Morgan fingerprint density at radius 2 is 2.19 bits per heavy atom. The fourth-order valence-corrected chi connectivity index (χ4v) is 4.81.